The Bertz CT molecular complexity index is 549. The molecule has 0 atom stereocenters. The zero-order valence-electron chi connectivity index (χ0n) is 9.42. The van der Waals surface area contributed by atoms with Crippen LogP contribution in [-0.4, -0.2) is 15.9 Å². The van der Waals surface area contributed by atoms with E-state index in [1.807, 2.05) is 0 Å². The van der Waals surface area contributed by atoms with Crippen LogP contribution in [0, 0.1) is 0 Å². The van der Waals surface area contributed by atoms with Crippen LogP contribution in [0.25, 0.3) is 0 Å². The number of aromatic nitrogens is 1. The lowest BCUT2D eigenvalue weighted by Gasteiger charge is -2.04. The number of thiocarbonyl (C=S) groups is 1. The number of thiazole rings is 1. The number of nitrogens with one attached hydrogen (secondary N) is 1. The number of carbonyl (C=O) groups is 1. The number of rotatable bonds is 4. The Morgan fingerprint density at radius 3 is 2.56 bits per heavy atom. The molecule has 18 heavy (non-hydrogen) atoms. The van der Waals surface area contributed by atoms with Crippen LogP contribution in [0.5, 0.6) is 0 Å². The van der Waals surface area contributed by atoms with E-state index in [2.05, 4.69) is 10.3 Å². The summed E-state index contributed by atoms with van der Waals surface area (Å²) < 4.78 is 0. The molecule has 4 nitrogen and oxygen atoms in total. The van der Waals surface area contributed by atoms with Crippen molar-refractivity contribution >= 4 is 34.5 Å². The molecule has 0 aliphatic heterocycles. The molecule has 1 aromatic carbocycles. The molecule has 2 aromatic rings. The number of hydrogen-bond donors (Lipinski definition) is 2. The first-order chi connectivity index (χ1) is 8.66. The van der Waals surface area contributed by atoms with Crippen LogP contribution in [0.15, 0.2) is 36.0 Å². The van der Waals surface area contributed by atoms with Gasteiger partial charge in [-0.05, 0) is 12.1 Å². The molecule has 0 radical (unpaired) electrons. The van der Waals surface area contributed by atoms with E-state index >= 15 is 0 Å². The molecule has 0 unspecified atom stereocenters. The molecule has 1 amide bonds. The number of hydrogen-bond acceptors (Lipinski definition) is 4. The lowest BCUT2D eigenvalue weighted by atomic mass is 10.1. The van der Waals surface area contributed by atoms with Gasteiger partial charge in [0.05, 0.1) is 12.1 Å². The van der Waals surface area contributed by atoms with Crippen LogP contribution < -0.4 is 11.1 Å². The third kappa shape index (κ3) is 3.12. The Balaban J connectivity index is 1.98. The second-order valence-electron chi connectivity index (χ2n) is 3.59. The third-order valence-electron chi connectivity index (χ3n) is 2.34. The quantitative estimate of drug-likeness (QED) is 0.835. The molecule has 0 fully saturated rings. The molecule has 2 rings (SSSR count). The van der Waals surface area contributed by atoms with E-state index in [0.29, 0.717) is 17.1 Å². The highest BCUT2D eigenvalue weighted by Gasteiger charge is 2.06. The van der Waals surface area contributed by atoms with Crippen LogP contribution in [0.2, 0.25) is 0 Å². The number of amides is 1. The molecule has 0 saturated heterocycles. The summed E-state index contributed by atoms with van der Waals surface area (Å²) in [5.74, 6) is -0.127. The van der Waals surface area contributed by atoms with Gasteiger partial charge in [-0.2, -0.15) is 0 Å². The summed E-state index contributed by atoms with van der Waals surface area (Å²) in [7, 11) is 0. The number of carbonyl (C=O) groups excluding carboxylic acids is 1. The minimum atomic E-state index is -0.127. The fourth-order valence-electron chi connectivity index (χ4n) is 1.38. The highest BCUT2D eigenvalue weighted by molar-refractivity contribution is 7.80. The van der Waals surface area contributed by atoms with Crippen LogP contribution in [-0.2, 0) is 6.54 Å². The molecule has 0 aliphatic rings. The lowest BCUT2D eigenvalue weighted by Crippen LogP contribution is -2.22. The van der Waals surface area contributed by atoms with Crippen molar-refractivity contribution in [1.29, 1.82) is 0 Å². The summed E-state index contributed by atoms with van der Waals surface area (Å²) in [6, 6.07) is 6.89. The van der Waals surface area contributed by atoms with Gasteiger partial charge in [0, 0.05) is 22.2 Å². The summed E-state index contributed by atoms with van der Waals surface area (Å²) in [6.07, 6.45) is 1.74. The second kappa shape index (κ2) is 5.70. The minimum absolute atomic E-state index is 0.127. The van der Waals surface area contributed by atoms with Crippen molar-refractivity contribution in [2.45, 2.75) is 6.54 Å². The molecule has 92 valence electrons. The fraction of sp³-hybridized carbons (Fsp3) is 0.0833. The van der Waals surface area contributed by atoms with Gasteiger partial charge >= 0.3 is 0 Å². The SMILES string of the molecule is NC(=S)c1ccc(C(=O)NCc2cncs2)cc1. The topological polar surface area (TPSA) is 68.0 Å². The number of nitrogens with two attached hydrogens (primary N) is 1. The van der Waals surface area contributed by atoms with Crippen molar-refractivity contribution < 1.29 is 4.79 Å². The predicted octanol–water partition coefficient (Wildman–Crippen LogP) is 1.71. The molecule has 0 aliphatic carbocycles. The van der Waals surface area contributed by atoms with Gasteiger partial charge in [-0.15, -0.1) is 11.3 Å². The van der Waals surface area contributed by atoms with Gasteiger partial charge in [0.1, 0.15) is 4.99 Å². The van der Waals surface area contributed by atoms with Crippen LogP contribution in [0.4, 0.5) is 0 Å². The van der Waals surface area contributed by atoms with Gasteiger partial charge in [0.25, 0.3) is 5.91 Å². The van der Waals surface area contributed by atoms with Crippen LogP contribution in [0.1, 0.15) is 20.8 Å². The van der Waals surface area contributed by atoms with Crippen molar-refractivity contribution in [2.75, 3.05) is 0 Å². The van der Waals surface area contributed by atoms with E-state index < -0.39 is 0 Å². The van der Waals surface area contributed by atoms with Gasteiger partial charge in [0.2, 0.25) is 0 Å². The Morgan fingerprint density at radius 1 is 1.33 bits per heavy atom. The van der Waals surface area contributed by atoms with Gasteiger partial charge in [-0.1, -0.05) is 24.4 Å². The predicted molar refractivity (Wildman–Crippen MR) is 75.6 cm³/mol. The van der Waals surface area contributed by atoms with Gasteiger partial charge in [0.15, 0.2) is 0 Å². The standard InChI is InChI=1S/C12H11N3OS2/c13-11(17)8-1-3-9(4-2-8)12(16)15-6-10-5-14-7-18-10/h1-5,7H,6H2,(H2,13,17)(H,15,16). The van der Waals surface area contributed by atoms with E-state index in [1.54, 1.807) is 36.0 Å². The van der Waals surface area contributed by atoms with Crippen molar-refractivity contribution in [3.05, 3.63) is 52.0 Å². The minimum Gasteiger partial charge on any atom is -0.389 e. The maximum Gasteiger partial charge on any atom is 0.251 e. The molecular formula is C12H11N3OS2. The second-order valence-corrected chi connectivity index (χ2v) is 5.00. The molecule has 0 bridgehead atoms. The highest BCUT2D eigenvalue weighted by Crippen LogP contribution is 2.07. The Labute approximate surface area is 114 Å². The van der Waals surface area contributed by atoms with E-state index in [1.165, 1.54) is 11.3 Å². The van der Waals surface area contributed by atoms with Gasteiger partial charge in [-0.25, -0.2) is 0 Å². The largest absolute Gasteiger partial charge is 0.389 e. The van der Waals surface area contributed by atoms with E-state index in [9.17, 15) is 4.79 Å². The average molecular weight is 277 g/mol. The molecule has 1 aromatic heterocycles. The molecular weight excluding hydrogens is 266 g/mol. The molecule has 0 spiro atoms. The summed E-state index contributed by atoms with van der Waals surface area (Å²) in [5.41, 5.74) is 8.56. The Kier molecular flexibility index (Phi) is 4.01. The van der Waals surface area contributed by atoms with Gasteiger partial charge in [-0.3, -0.25) is 9.78 Å². The zero-order chi connectivity index (χ0) is 13.0. The Morgan fingerprint density at radius 2 is 2.00 bits per heavy atom. The summed E-state index contributed by atoms with van der Waals surface area (Å²) in [5, 5.41) is 2.82. The lowest BCUT2D eigenvalue weighted by molar-refractivity contribution is 0.0951. The summed E-state index contributed by atoms with van der Waals surface area (Å²) in [6.45, 7) is 0.487. The first-order valence-corrected chi connectivity index (χ1v) is 6.51. The molecule has 0 saturated carbocycles. The van der Waals surface area contributed by atoms with Gasteiger partial charge < -0.3 is 11.1 Å². The molecule has 3 N–H and O–H groups in total. The first kappa shape index (κ1) is 12.7. The zero-order valence-corrected chi connectivity index (χ0v) is 11.1. The van der Waals surface area contributed by atoms with E-state index in [4.69, 9.17) is 18.0 Å². The van der Waals surface area contributed by atoms with E-state index in [0.717, 1.165) is 10.4 Å². The molecule has 6 heteroatoms. The average Bonchev–Trinajstić information content (AvgIpc) is 2.89. The summed E-state index contributed by atoms with van der Waals surface area (Å²) in [4.78, 5) is 17.1. The number of nitrogens with zero attached hydrogens (tertiary/aromatic N) is 1. The first-order valence-electron chi connectivity index (χ1n) is 5.22. The normalized spacial score (nSPS) is 10.0. The maximum atomic E-state index is 11.8. The van der Waals surface area contributed by atoms with Crippen LogP contribution in [0.3, 0.4) is 0 Å². The van der Waals surface area contributed by atoms with E-state index in [-0.39, 0.29) is 5.91 Å². The van der Waals surface area contributed by atoms with Crippen LogP contribution >= 0.6 is 23.6 Å². The highest BCUT2D eigenvalue weighted by atomic mass is 32.1. The van der Waals surface area contributed by atoms with Crippen molar-refractivity contribution in [1.82, 2.24) is 10.3 Å². The summed E-state index contributed by atoms with van der Waals surface area (Å²) >= 11 is 6.35. The Hall–Kier alpha value is -1.79. The monoisotopic (exact) mass is 277 g/mol. The number of benzene rings is 1. The van der Waals surface area contributed by atoms with Crippen molar-refractivity contribution in [3.63, 3.8) is 0 Å². The molecule has 1 heterocycles. The maximum absolute atomic E-state index is 11.8. The smallest absolute Gasteiger partial charge is 0.251 e. The van der Waals surface area contributed by atoms with Crippen molar-refractivity contribution in [3.8, 4) is 0 Å². The fourth-order valence-corrected chi connectivity index (χ4v) is 2.06. The third-order valence-corrected chi connectivity index (χ3v) is 3.35. The van der Waals surface area contributed by atoms with Crippen molar-refractivity contribution in [2.24, 2.45) is 5.73 Å².